The van der Waals surface area contributed by atoms with E-state index in [2.05, 4.69) is 18.8 Å². The molecule has 1 atom stereocenters. The minimum Gasteiger partial charge on any atom is -0.488 e. The second-order valence-corrected chi connectivity index (χ2v) is 4.55. The van der Waals surface area contributed by atoms with E-state index in [1.165, 1.54) is 0 Å². The SMILES string of the molecule is C/C1=C/C(OC2(C)CC2)=C\CC#CC1N. The molecule has 0 radical (unpaired) electrons. The summed E-state index contributed by atoms with van der Waals surface area (Å²) in [6, 6.07) is -0.149. The molecule has 1 saturated carbocycles. The lowest BCUT2D eigenvalue weighted by Gasteiger charge is -2.16. The van der Waals surface area contributed by atoms with Gasteiger partial charge in [-0.25, -0.2) is 0 Å². The van der Waals surface area contributed by atoms with Crippen LogP contribution in [-0.4, -0.2) is 11.6 Å². The highest BCUT2D eigenvalue weighted by molar-refractivity contribution is 5.32. The second kappa shape index (κ2) is 3.75. The zero-order valence-electron chi connectivity index (χ0n) is 9.34. The number of allylic oxidation sites excluding steroid dienone is 2. The third kappa shape index (κ3) is 2.64. The third-order valence-corrected chi connectivity index (χ3v) is 2.84. The summed E-state index contributed by atoms with van der Waals surface area (Å²) in [5, 5.41) is 0. The topological polar surface area (TPSA) is 35.2 Å². The van der Waals surface area contributed by atoms with Gasteiger partial charge in [-0.15, -0.1) is 0 Å². The summed E-state index contributed by atoms with van der Waals surface area (Å²) in [7, 11) is 0. The molecule has 0 spiro atoms. The molecule has 0 amide bonds. The normalized spacial score (nSPS) is 34.5. The Morgan fingerprint density at radius 2 is 2.27 bits per heavy atom. The molecule has 1 unspecified atom stereocenters. The molecular formula is C13H17NO. The Kier molecular flexibility index (Phi) is 2.58. The Morgan fingerprint density at radius 3 is 2.93 bits per heavy atom. The van der Waals surface area contributed by atoms with Gasteiger partial charge >= 0.3 is 0 Å². The first-order valence-electron chi connectivity index (χ1n) is 5.40. The molecule has 2 heteroatoms. The Bertz CT molecular complexity index is 377. The van der Waals surface area contributed by atoms with E-state index < -0.39 is 0 Å². The molecule has 0 aromatic carbocycles. The average Bonchev–Trinajstić information content (AvgIpc) is 2.88. The van der Waals surface area contributed by atoms with E-state index in [4.69, 9.17) is 10.5 Å². The first-order valence-corrected chi connectivity index (χ1v) is 5.40. The van der Waals surface area contributed by atoms with Crippen LogP contribution in [0.15, 0.2) is 23.5 Å². The quantitative estimate of drug-likeness (QED) is 0.698. The van der Waals surface area contributed by atoms with Gasteiger partial charge in [0.25, 0.3) is 0 Å². The van der Waals surface area contributed by atoms with Gasteiger partial charge in [0.15, 0.2) is 0 Å². The molecule has 0 aromatic heterocycles. The smallest absolute Gasteiger partial charge is 0.117 e. The predicted molar refractivity (Wildman–Crippen MR) is 60.9 cm³/mol. The van der Waals surface area contributed by atoms with Gasteiger partial charge < -0.3 is 10.5 Å². The lowest BCUT2D eigenvalue weighted by Crippen LogP contribution is -2.20. The van der Waals surface area contributed by atoms with Crippen molar-refractivity contribution in [2.45, 2.75) is 44.8 Å². The van der Waals surface area contributed by atoms with Gasteiger partial charge in [-0.3, -0.25) is 0 Å². The minimum atomic E-state index is -0.149. The molecule has 2 nitrogen and oxygen atoms in total. The zero-order valence-corrected chi connectivity index (χ0v) is 9.34. The van der Waals surface area contributed by atoms with Gasteiger partial charge in [-0.05, 0) is 44.4 Å². The summed E-state index contributed by atoms with van der Waals surface area (Å²) < 4.78 is 5.91. The Labute approximate surface area is 91.2 Å². The number of ether oxygens (including phenoxy) is 1. The van der Waals surface area contributed by atoms with Crippen molar-refractivity contribution in [2.75, 3.05) is 0 Å². The first-order chi connectivity index (χ1) is 7.09. The summed E-state index contributed by atoms with van der Waals surface area (Å²) in [4.78, 5) is 0. The maximum Gasteiger partial charge on any atom is 0.117 e. The van der Waals surface area contributed by atoms with Crippen LogP contribution in [0.2, 0.25) is 0 Å². The van der Waals surface area contributed by atoms with Crippen molar-refractivity contribution < 1.29 is 4.74 Å². The average molecular weight is 203 g/mol. The lowest BCUT2D eigenvalue weighted by atomic mass is 10.1. The van der Waals surface area contributed by atoms with Crippen LogP contribution < -0.4 is 5.73 Å². The van der Waals surface area contributed by atoms with Crippen LogP contribution in [0.5, 0.6) is 0 Å². The zero-order chi connectivity index (χ0) is 10.9. The fourth-order valence-electron chi connectivity index (χ4n) is 1.44. The van der Waals surface area contributed by atoms with Crippen LogP contribution in [0.25, 0.3) is 0 Å². The van der Waals surface area contributed by atoms with E-state index in [0.717, 1.165) is 30.6 Å². The monoisotopic (exact) mass is 203 g/mol. The van der Waals surface area contributed by atoms with Crippen LogP contribution in [0.3, 0.4) is 0 Å². The van der Waals surface area contributed by atoms with Gasteiger partial charge in [0.05, 0.1) is 6.04 Å². The summed E-state index contributed by atoms with van der Waals surface area (Å²) in [6.45, 7) is 4.14. The van der Waals surface area contributed by atoms with E-state index in [-0.39, 0.29) is 11.6 Å². The van der Waals surface area contributed by atoms with Gasteiger partial charge in [0.1, 0.15) is 11.4 Å². The summed E-state index contributed by atoms with van der Waals surface area (Å²) >= 11 is 0. The number of nitrogens with two attached hydrogens (primary N) is 1. The molecule has 2 rings (SSSR count). The van der Waals surface area contributed by atoms with Crippen LogP contribution in [0, 0.1) is 11.8 Å². The van der Waals surface area contributed by atoms with E-state index in [9.17, 15) is 0 Å². The highest BCUT2D eigenvalue weighted by Crippen LogP contribution is 2.40. The lowest BCUT2D eigenvalue weighted by molar-refractivity contribution is 0.119. The summed E-state index contributed by atoms with van der Waals surface area (Å²) in [5.74, 6) is 6.95. The largest absolute Gasteiger partial charge is 0.488 e. The van der Waals surface area contributed by atoms with Crippen LogP contribution in [-0.2, 0) is 4.74 Å². The number of rotatable bonds is 2. The van der Waals surface area contributed by atoms with Gasteiger partial charge in [-0.2, -0.15) is 0 Å². The van der Waals surface area contributed by atoms with Crippen molar-refractivity contribution in [1.82, 2.24) is 0 Å². The van der Waals surface area contributed by atoms with Gasteiger partial charge in [-0.1, -0.05) is 11.8 Å². The fourth-order valence-corrected chi connectivity index (χ4v) is 1.44. The highest BCUT2D eigenvalue weighted by atomic mass is 16.5. The second-order valence-electron chi connectivity index (χ2n) is 4.55. The molecule has 0 aliphatic heterocycles. The molecule has 0 bridgehead atoms. The van der Waals surface area contributed by atoms with E-state index in [0.29, 0.717) is 0 Å². The third-order valence-electron chi connectivity index (χ3n) is 2.84. The van der Waals surface area contributed by atoms with Crippen molar-refractivity contribution in [1.29, 1.82) is 0 Å². The molecule has 0 saturated heterocycles. The van der Waals surface area contributed by atoms with Crippen LogP contribution >= 0.6 is 0 Å². The van der Waals surface area contributed by atoms with Crippen molar-refractivity contribution >= 4 is 0 Å². The Morgan fingerprint density at radius 1 is 1.53 bits per heavy atom. The van der Waals surface area contributed by atoms with Crippen molar-refractivity contribution in [3.05, 3.63) is 23.5 Å². The van der Waals surface area contributed by atoms with Gasteiger partial charge in [0, 0.05) is 6.42 Å². The first kappa shape index (κ1) is 10.3. The molecule has 2 aliphatic rings. The maximum absolute atomic E-state index is 5.91. The standard InChI is InChI=1S/C13H17NO/c1-10-9-11(15-13(2)7-8-13)5-3-4-6-12(10)14/h5,9,12H,3,7-8,14H2,1-2H3/b10-9-,11-5+. The fraction of sp³-hybridized carbons (Fsp3) is 0.538. The molecule has 2 aliphatic carbocycles. The summed E-state index contributed by atoms with van der Waals surface area (Å²) in [6.07, 6.45) is 7.07. The Hall–Kier alpha value is -1.20. The molecule has 80 valence electrons. The number of hydrogen-bond acceptors (Lipinski definition) is 2. The molecule has 15 heavy (non-hydrogen) atoms. The van der Waals surface area contributed by atoms with Crippen molar-refractivity contribution in [2.24, 2.45) is 5.73 Å². The minimum absolute atomic E-state index is 0.0688. The molecule has 1 fully saturated rings. The van der Waals surface area contributed by atoms with Crippen molar-refractivity contribution in [3.63, 3.8) is 0 Å². The maximum atomic E-state index is 5.91. The number of hydrogen-bond donors (Lipinski definition) is 1. The van der Waals surface area contributed by atoms with E-state index in [1.54, 1.807) is 0 Å². The van der Waals surface area contributed by atoms with Crippen LogP contribution in [0.1, 0.15) is 33.1 Å². The van der Waals surface area contributed by atoms with Crippen LogP contribution in [0.4, 0.5) is 0 Å². The summed E-state index contributed by atoms with van der Waals surface area (Å²) in [5.41, 5.74) is 7.00. The van der Waals surface area contributed by atoms with Gasteiger partial charge in [0.2, 0.25) is 0 Å². The molecule has 0 heterocycles. The van der Waals surface area contributed by atoms with E-state index in [1.807, 2.05) is 19.1 Å². The highest BCUT2D eigenvalue weighted by Gasteiger charge is 2.40. The molecular weight excluding hydrogens is 186 g/mol. The predicted octanol–water partition coefficient (Wildman–Crippen LogP) is 2.12. The Balaban J connectivity index is 2.14. The molecule has 2 N–H and O–H groups in total. The molecule has 0 aromatic rings. The van der Waals surface area contributed by atoms with Crippen molar-refractivity contribution in [3.8, 4) is 11.8 Å². The van der Waals surface area contributed by atoms with E-state index >= 15 is 0 Å².